The quantitative estimate of drug-likeness (QED) is 0.472. The van der Waals surface area contributed by atoms with Gasteiger partial charge in [-0.15, -0.1) is 0 Å². The van der Waals surface area contributed by atoms with Crippen LogP contribution in [0, 0.1) is 0 Å². The first kappa shape index (κ1) is 19.7. The highest BCUT2D eigenvalue weighted by Gasteiger charge is 2.15. The third-order valence-corrected chi connectivity index (χ3v) is 5.80. The summed E-state index contributed by atoms with van der Waals surface area (Å²) in [5.41, 5.74) is 4.02. The number of sulfonamides is 1. The van der Waals surface area contributed by atoms with Crippen molar-refractivity contribution in [2.75, 3.05) is 0 Å². The molecule has 0 unspecified atom stereocenters. The van der Waals surface area contributed by atoms with E-state index in [1.165, 1.54) is 12.1 Å². The minimum atomic E-state index is -3.77. The van der Waals surface area contributed by atoms with Gasteiger partial charge in [-0.2, -0.15) is 5.10 Å². The topological polar surface area (TPSA) is 78.0 Å². The zero-order valence-corrected chi connectivity index (χ0v) is 17.3. The second-order valence-electron chi connectivity index (χ2n) is 6.38. The first-order valence-corrected chi connectivity index (χ1v) is 10.9. The summed E-state index contributed by atoms with van der Waals surface area (Å²) in [5, 5.41) is 11.2. The van der Waals surface area contributed by atoms with Crippen LogP contribution in [0.4, 0.5) is 0 Å². The van der Waals surface area contributed by atoms with Crippen LogP contribution in [0.3, 0.4) is 0 Å². The summed E-state index contributed by atoms with van der Waals surface area (Å²) in [6.07, 6.45) is 0. The number of halogens is 2. The predicted molar refractivity (Wildman–Crippen MR) is 116 cm³/mol. The van der Waals surface area contributed by atoms with E-state index in [2.05, 4.69) is 0 Å². The van der Waals surface area contributed by atoms with E-state index in [1.807, 2.05) is 36.4 Å². The third-order valence-electron chi connectivity index (χ3n) is 4.38. The normalized spacial score (nSPS) is 11.6. The summed E-state index contributed by atoms with van der Waals surface area (Å²) in [5.74, 6) is 0. The molecule has 0 atom stereocenters. The number of nitrogens with zero attached hydrogens (tertiary/aromatic N) is 2. The Kier molecular flexibility index (Phi) is 5.19. The van der Waals surface area contributed by atoms with E-state index in [0.29, 0.717) is 15.7 Å². The van der Waals surface area contributed by atoms with Crippen molar-refractivity contribution in [2.45, 2.75) is 4.90 Å². The second-order valence-corrected chi connectivity index (χ2v) is 8.82. The van der Waals surface area contributed by atoms with Crippen molar-refractivity contribution in [1.29, 1.82) is 0 Å². The molecule has 4 aromatic rings. The van der Waals surface area contributed by atoms with E-state index in [9.17, 15) is 8.42 Å². The zero-order valence-electron chi connectivity index (χ0n) is 15.0. The Balaban J connectivity index is 1.88. The molecule has 5 nitrogen and oxygen atoms in total. The van der Waals surface area contributed by atoms with Crippen molar-refractivity contribution in [3.8, 4) is 28.2 Å². The van der Waals surface area contributed by atoms with Crippen LogP contribution >= 0.6 is 23.2 Å². The Bertz CT molecular complexity index is 1280. The molecular weight excluding hydrogens is 429 g/mol. The molecule has 1 aromatic heterocycles. The fourth-order valence-corrected chi connectivity index (χ4v) is 3.80. The van der Waals surface area contributed by atoms with Crippen LogP contribution in [-0.4, -0.2) is 18.2 Å². The molecule has 1 heterocycles. The largest absolute Gasteiger partial charge is 0.238 e. The van der Waals surface area contributed by atoms with Gasteiger partial charge in [0, 0.05) is 21.2 Å². The standard InChI is InChI=1S/C21H15Cl2N3O2S/c22-16-6-4-14(5-7-16)21-13-20(15-2-1-3-17(23)12-15)25-26(21)18-8-10-19(11-9-18)29(24,27)28/h1-13H,(H2,24,27,28). The Hall–Kier alpha value is -2.64. The van der Waals surface area contributed by atoms with E-state index in [1.54, 1.807) is 35.0 Å². The zero-order chi connectivity index (χ0) is 20.6. The number of benzene rings is 3. The van der Waals surface area contributed by atoms with Crippen molar-refractivity contribution in [1.82, 2.24) is 9.78 Å². The molecule has 8 heteroatoms. The van der Waals surface area contributed by atoms with Gasteiger partial charge >= 0.3 is 0 Å². The maximum Gasteiger partial charge on any atom is 0.238 e. The van der Waals surface area contributed by atoms with Crippen LogP contribution in [0.5, 0.6) is 0 Å². The first-order valence-electron chi connectivity index (χ1n) is 8.56. The van der Waals surface area contributed by atoms with Gasteiger partial charge in [-0.25, -0.2) is 18.2 Å². The molecule has 0 aliphatic heterocycles. The molecule has 2 N–H and O–H groups in total. The highest BCUT2D eigenvalue weighted by Crippen LogP contribution is 2.30. The van der Waals surface area contributed by atoms with Gasteiger partial charge in [-0.1, -0.05) is 47.5 Å². The van der Waals surface area contributed by atoms with Crippen molar-refractivity contribution < 1.29 is 8.42 Å². The molecule has 0 aliphatic carbocycles. The Labute approximate surface area is 178 Å². The predicted octanol–water partition coefficient (Wildman–Crippen LogP) is 5.16. The van der Waals surface area contributed by atoms with E-state index in [4.69, 9.17) is 33.4 Å². The average Bonchev–Trinajstić information content (AvgIpc) is 3.13. The molecule has 0 saturated heterocycles. The minimum Gasteiger partial charge on any atom is -0.232 e. The fourth-order valence-electron chi connectivity index (χ4n) is 2.97. The highest BCUT2D eigenvalue weighted by molar-refractivity contribution is 7.89. The summed E-state index contributed by atoms with van der Waals surface area (Å²) < 4.78 is 24.8. The first-order chi connectivity index (χ1) is 13.8. The van der Waals surface area contributed by atoms with E-state index < -0.39 is 10.0 Å². The molecular formula is C21H15Cl2N3O2S. The molecule has 0 radical (unpaired) electrons. The minimum absolute atomic E-state index is 0.0384. The number of nitrogens with two attached hydrogens (primary N) is 1. The Morgan fingerprint density at radius 2 is 1.48 bits per heavy atom. The number of hydrogen-bond donors (Lipinski definition) is 1. The Morgan fingerprint density at radius 3 is 2.10 bits per heavy atom. The van der Waals surface area contributed by atoms with Crippen molar-refractivity contribution in [3.63, 3.8) is 0 Å². The lowest BCUT2D eigenvalue weighted by atomic mass is 10.1. The van der Waals surface area contributed by atoms with Crippen molar-refractivity contribution >= 4 is 33.2 Å². The summed E-state index contributed by atoms with van der Waals surface area (Å²) in [4.78, 5) is 0.0384. The molecule has 0 aliphatic rings. The van der Waals surface area contributed by atoms with Gasteiger partial charge in [-0.3, -0.25) is 0 Å². The van der Waals surface area contributed by atoms with Gasteiger partial charge in [0.05, 0.1) is 22.0 Å². The van der Waals surface area contributed by atoms with Crippen LogP contribution in [-0.2, 0) is 10.0 Å². The molecule has 3 aromatic carbocycles. The molecule has 29 heavy (non-hydrogen) atoms. The summed E-state index contributed by atoms with van der Waals surface area (Å²) >= 11 is 12.2. The molecule has 0 saturated carbocycles. The van der Waals surface area contributed by atoms with Gasteiger partial charge in [0.15, 0.2) is 0 Å². The maximum absolute atomic E-state index is 11.6. The van der Waals surface area contributed by atoms with Gasteiger partial charge in [0.25, 0.3) is 0 Å². The van der Waals surface area contributed by atoms with Crippen LogP contribution in [0.25, 0.3) is 28.2 Å². The van der Waals surface area contributed by atoms with E-state index in [0.717, 1.165) is 22.5 Å². The van der Waals surface area contributed by atoms with Crippen LogP contribution in [0.15, 0.2) is 83.8 Å². The highest BCUT2D eigenvalue weighted by atomic mass is 35.5. The SMILES string of the molecule is NS(=O)(=O)c1ccc(-n2nc(-c3cccc(Cl)c3)cc2-c2ccc(Cl)cc2)cc1. The lowest BCUT2D eigenvalue weighted by Crippen LogP contribution is -2.12. The lowest BCUT2D eigenvalue weighted by molar-refractivity contribution is 0.598. The molecule has 0 bridgehead atoms. The molecule has 0 fully saturated rings. The number of hydrogen-bond acceptors (Lipinski definition) is 3. The van der Waals surface area contributed by atoms with Gasteiger partial charge in [0.2, 0.25) is 10.0 Å². The summed E-state index contributed by atoms with van der Waals surface area (Å²) in [6, 6.07) is 23.0. The van der Waals surface area contributed by atoms with Gasteiger partial charge in [-0.05, 0) is 54.6 Å². The molecule has 4 rings (SSSR count). The second kappa shape index (κ2) is 7.65. The van der Waals surface area contributed by atoms with Crippen LogP contribution in [0.1, 0.15) is 0 Å². The van der Waals surface area contributed by atoms with Gasteiger partial charge in [0.1, 0.15) is 0 Å². The lowest BCUT2D eigenvalue weighted by Gasteiger charge is -2.08. The number of aromatic nitrogens is 2. The van der Waals surface area contributed by atoms with Crippen LogP contribution in [0.2, 0.25) is 10.0 Å². The Morgan fingerprint density at radius 1 is 0.793 bits per heavy atom. The number of rotatable bonds is 4. The van der Waals surface area contributed by atoms with Crippen LogP contribution < -0.4 is 5.14 Å². The van der Waals surface area contributed by atoms with E-state index in [-0.39, 0.29) is 4.90 Å². The fraction of sp³-hybridized carbons (Fsp3) is 0. The summed E-state index contributed by atoms with van der Waals surface area (Å²) in [6.45, 7) is 0. The van der Waals surface area contributed by atoms with Gasteiger partial charge < -0.3 is 0 Å². The molecule has 0 amide bonds. The molecule has 146 valence electrons. The summed E-state index contributed by atoms with van der Waals surface area (Å²) in [7, 11) is -3.77. The number of primary sulfonamides is 1. The average molecular weight is 444 g/mol. The van der Waals surface area contributed by atoms with Crippen molar-refractivity contribution in [2.24, 2.45) is 5.14 Å². The smallest absolute Gasteiger partial charge is 0.232 e. The van der Waals surface area contributed by atoms with Crippen molar-refractivity contribution in [3.05, 3.63) is 88.9 Å². The third kappa shape index (κ3) is 4.21. The maximum atomic E-state index is 11.6. The van der Waals surface area contributed by atoms with E-state index >= 15 is 0 Å². The molecule has 0 spiro atoms. The monoisotopic (exact) mass is 443 g/mol.